The Balaban J connectivity index is 2.28. The van der Waals surface area contributed by atoms with Crippen LogP contribution in [0.25, 0.3) is 0 Å². The summed E-state index contributed by atoms with van der Waals surface area (Å²) in [7, 11) is 0. The summed E-state index contributed by atoms with van der Waals surface area (Å²) in [6.07, 6.45) is 3.61. The highest BCUT2D eigenvalue weighted by atomic mass is 19.2. The van der Waals surface area contributed by atoms with Gasteiger partial charge in [-0.25, -0.2) is 8.78 Å². The number of amides is 1. The summed E-state index contributed by atoms with van der Waals surface area (Å²) in [5.74, 6) is -7.28. The first-order valence-electron chi connectivity index (χ1n) is 6.70. The van der Waals surface area contributed by atoms with Gasteiger partial charge in [-0.2, -0.15) is 4.39 Å². The molecule has 4 nitrogen and oxygen atoms in total. The normalized spacial score (nSPS) is 17.5. The fourth-order valence-corrected chi connectivity index (χ4v) is 2.62. The second kappa shape index (κ2) is 5.93. The lowest BCUT2D eigenvalue weighted by Gasteiger charge is -2.36. The summed E-state index contributed by atoms with van der Waals surface area (Å²) in [6.45, 7) is -0.323. The number of aliphatic hydroxyl groups excluding tert-OH is 1. The molecule has 0 atom stereocenters. The van der Waals surface area contributed by atoms with E-state index in [4.69, 9.17) is 5.11 Å². The molecule has 0 aromatic heterocycles. The third-order valence-electron chi connectivity index (χ3n) is 3.87. The number of hydrogen-bond donors (Lipinski definition) is 3. The van der Waals surface area contributed by atoms with Gasteiger partial charge in [0.1, 0.15) is 0 Å². The zero-order chi connectivity index (χ0) is 15.6. The summed E-state index contributed by atoms with van der Waals surface area (Å²) < 4.78 is 39.9. The van der Waals surface area contributed by atoms with Gasteiger partial charge in [-0.1, -0.05) is 19.3 Å². The lowest BCUT2D eigenvalue weighted by molar-refractivity contribution is 0.0753. The monoisotopic (exact) mass is 303 g/mol. The molecule has 1 aromatic carbocycles. The Morgan fingerprint density at radius 1 is 1.19 bits per heavy atom. The van der Waals surface area contributed by atoms with Crippen molar-refractivity contribution in [3.05, 3.63) is 29.1 Å². The average Bonchev–Trinajstić information content (AvgIpc) is 2.49. The maximum Gasteiger partial charge on any atom is 0.255 e. The maximum absolute atomic E-state index is 13.7. The van der Waals surface area contributed by atoms with Crippen molar-refractivity contribution in [2.75, 3.05) is 6.61 Å². The molecule has 1 amide bonds. The van der Waals surface area contributed by atoms with Crippen LogP contribution < -0.4 is 5.32 Å². The molecule has 0 heterocycles. The molecular weight excluding hydrogens is 287 g/mol. The Hall–Kier alpha value is -1.76. The van der Waals surface area contributed by atoms with Crippen LogP contribution in [0.5, 0.6) is 5.75 Å². The molecular formula is C14H16F3NO3. The van der Waals surface area contributed by atoms with E-state index < -0.39 is 40.2 Å². The Morgan fingerprint density at radius 2 is 1.81 bits per heavy atom. The standard InChI is InChI=1S/C14H16F3NO3/c15-9-6-8(10(16)12(20)11(9)17)13(21)18-14(7-19)4-2-1-3-5-14/h6,19-20H,1-5,7H2,(H,18,21). The number of phenols is 1. The summed E-state index contributed by atoms with van der Waals surface area (Å²) in [4.78, 5) is 12.1. The van der Waals surface area contributed by atoms with E-state index in [0.717, 1.165) is 19.3 Å². The van der Waals surface area contributed by atoms with Crippen LogP contribution in [0.2, 0.25) is 0 Å². The van der Waals surface area contributed by atoms with E-state index in [1.807, 2.05) is 0 Å². The van der Waals surface area contributed by atoms with Crippen LogP contribution in [0.15, 0.2) is 6.07 Å². The number of carbonyl (C=O) groups excluding carboxylic acids is 1. The second-order valence-corrected chi connectivity index (χ2v) is 5.34. The van der Waals surface area contributed by atoms with Crippen LogP contribution in [0.3, 0.4) is 0 Å². The van der Waals surface area contributed by atoms with Gasteiger partial charge in [0.05, 0.1) is 17.7 Å². The van der Waals surface area contributed by atoms with E-state index >= 15 is 0 Å². The minimum Gasteiger partial charge on any atom is -0.503 e. The largest absolute Gasteiger partial charge is 0.503 e. The smallest absolute Gasteiger partial charge is 0.255 e. The van der Waals surface area contributed by atoms with Crippen molar-refractivity contribution >= 4 is 5.91 Å². The van der Waals surface area contributed by atoms with Gasteiger partial charge in [0.2, 0.25) is 5.82 Å². The molecule has 0 radical (unpaired) electrons. The number of hydrogen-bond acceptors (Lipinski definition) is 3. The van der Waals surface area contributed by atoms with Crippen molar-refractivity contribution in [1.29, 1.82) is 0 Å². The highest BCUT2D eigenvalue weighted by Gasteiger charge is 2.34. The van der Waals surface area contributed by atoms with Crippen molar-refractivity contribution in [1.82, 2.24) is 5.32 Å². The maximum atomic E-state index is 13.7. The highest BCUT2D eigenvalue weighted by molar-refractivity contribution is 5.95. The molecule has 21 heavy (non-hydrogen) atoms. The molecule has 1 aliphatic carbocycles. The van der Waals surface area contributed by atoms with E-state index in [9.17, 15) is 23.1 Å². The van der Waals surface area contributed by atoms with Crippen molar-refractivity contribution in [2.45, 2.75) is 37.6 Å². The van der Waals surface area contributed by atoms with Crippen LogP contribution >= 0.6 is 0 Å². The van der Waals surface area contributed by atoms with E-state index in [0.29, 0.717) is 18.9 Å². The van der Waals surface area contributed by atoms with Crippen molar-refractivity contribution in [3.8, 4) is 5.75 Å². The Bertz CT molecular complexity index is 557. The molecule has 116 valence electrons. The summed E-state index contributed by atoms with van der Waals surface area (Å²) in [6, 6.07) is 0.396. The predicted molar refractivity (Wildman–Crippen MR) is 68.3 cm³/mol. The molecule has 3 N–H and O–H groups in total. The van der Waals surface area contributed by atoms with Gasteiger partial charge in [0.15, 0.2) is 17.4 Å². The quantitative estimate of drug-likeness (QED) is 0.750. The predicted octanol–water partition coefficient (Wildman–Crippen LogP) is 2.23. The van der Waals surface area contributed by atoms with Gasteiger partial charge >= 0.3 is 0 Å². The Morgan fingerprint density at radius 3 is 2.38 bits per heavy atom. The van der Waals surface area contributed by atoms with Crippen molar-refractivity contribution in [3.63, 3.8) is 0 Å². The van der Waals surface area contributed by atoms with Gasteiger partial charge in [-0.15, -0.1) is 0 Å². The SMILES string of the molecule is O=C(NC1(CO)CCCCC1)c1cc(F)c(F)c(O)c1F. The zero-order valence-corrected chi connectivity index (χ0v) is 11.3. The zero-order valence-electron chi connectivity index (χ0n) is 11.3. The molecule has 2 rings (SSSR count). The topological polar surface area (TPSA) is 69.6 Å². The fraction of sp³-hybridized carbons (Fsp3) is 0.500. The van der Waals surface area contributed by atoms with E-state index in [2.05, 4.69) is 5.32 Å². The number of halogens is 3. The minimum absolute atomic E-state index is 0.323. The molecule has 1 aliphatic rings. The summed E-state index contributed by atoms with van der Waals surface area (Å²) in [5.41, 5.74) is -1.67. The second-order valence-electron chi connectivity index (χ2n) is 5.34. The first-order chi connectivity index (χ1) is 9.90. The average molecular weight is 303 g/mol. The van der Waals surface area contributed by atoms with Gasteiger partial charge in [-0.3, -0.25) is 4.79 Å². The molecule has 0 spiro atoms. The van der Waals surface area contributed by atoms with E-state index in [-0.39, 0.29) is 6.61 Å². The third-order valence-corrected chi connectivity index (χ3v) is 3.87. The van der Waals surface area contributed by atoms with Crippen LogP contribution in [-0.4, -0.2) is 28.3 Å². The summed E-state index contributed by atoms with van der Waals surface area (Å²) >= 11 is 0. The number of nitrogens with one attached hydrogen (secondary N) is 1. The third kappa shape index (κ3) is 2.97. The van der Waals surface area contributed by atoms with E-state index in [1.54, 1.807) is 0 Å². The van der Waals surface area contributed by atoms with Gasteiger partial charge in [-0.05, 0) is 18.9 Å². The van der Waals surface area contributed by atoms with Gasteiger partial charge in [0, 0.05) is 0 Å². The number of aliphatic hydroxyl groups is 1. The Labute approximate surface area is 119 Å². The molecule has 1 saturated carbocycles. The number of aromatic hydroxyl groups is 1. The first kappa shape index (κ1) is 15.6. The molecule has 0 unspecified atom stereocenters. The first-order valence-corrected chi connectivity index (χ1v) is 6.70. The van der Waals surface area contributed by atoms with Gasteiger partial charge < -0.3 is 15.5 Å². The summed E-state index contributed by atoms with van der Waals surface area (Å²) in [5, 5.41) is 21.1. The number of phenolic OH excluding ortho intramolecular Hbond substituents is 1. The van der Waals surface area contributed by atoms with Crippen LogP contribution in [0.4, 0.5) is 13.2 Å². The van der Waals surface area contributed by atoms with Gasteiger partial charge in [0.25, 0.3) is 5.91 Å². The molecule has 1 fully saturated rings. The number of benzene rings is 1. The number of carbonyl (C=O) groups is 1. The van der Waals surface area contributed by atoms with E-state index in [1.165, 1.54) is 0 Å². The van der Waals surface area contributed by atoms with Crippen LogP contribution in [-0.2, 0) is 0 Å². The van der Waals surface area contributed by atoms with Crippen molar-refractivity contribution in [2.24, 2.45) is 0 Å². The molecule has 1 aromatic rings. The minimum atomic E-state index is -1.74. The fourth-order valence-electron chi connectivity index (χ4n) is 2.62. The van der Waals surface area contributed by atoms with Crippen LogP contribution in [0.1, 0.15) is 42.5 Å². The molecule has 0 bridgehead atoms. The molecule has 0 saturated heterocycles. The van der Waals surface area contributed by atoms with Crippen LogP contribution in [0, 0.1) is 17.5 Å². The lowest BCUT2D eigenvalue weighted by Crippen LogP contribution is -2.52. The number of rotatable bonds is 3. The Kier molecular flexibility index (Phi) is 4.41. The lowest BCUT2D eigenvalue weighted by atomic mass is 9.82. The van der Waals surface area contributed by atoms with Crippen molar-refractivity contribution < 1.29 is 28.2 Å². The molecule has 7 heteroatoms. The molecule has 0 aliphatic heterocycles. The highest BCUT2D eigenvalue weighted by Crippen LogP contribution is 2.30.